The van der Waals surface area contributed by atoms with Gasteiger partial charge in [-0.2, -0.15) is 4.99 Å². The maximum absolute atomic E-state index is 10.8. The first-order valence-electron chi connectivity index (χ1n) is 7.96. The molecule has 0 unspecified atom stereocenters. The number of hydrogen-bond acceptors (Lipinski definition) is 3. The molecule has 112 valence electrons. The normalized spacial score (nSPS) is 21.8. The number of benzene rings is 1. The topological polar surface area (TPSA) is 38.7 Å². The van der Waals surface area contributed by atoms with Crippen LogP contribution in [-0.4, -0.2) is 18.8 Å². The Morgan fingerprint density at radius 1 is 1.14 bits per heavy atom. The highest BCUT2D eigenvalue weighted by Gasteiger charge is 2.42. The second-order valence-corrected chi connectivity index (χ2v) is 6.53. The molecule has 0 radical (unpaired) electrons. The van der Waals surface area contributed by atoms with Crippen molar-refractivity contribution in [1.29, 1.82) is 0 Å². The van der Waals surface area contributed by atoms with Crippen molar-refractivity contribution >= 4 is 6.08 Å². The molecule has 2 saturated carbocycles. The zero-order valence-electron chi connectivity index (χ0n) is 12.7. The van der Waals surface area contributed by atoms with Gasteiger partial charge in [-0.3, -0.25) is 0 Å². The van der Waals surface area contributed by atoms with E-state index >= 15 is 0 Å². The largest absolute Gasteiger partial charge is 0.378 e. The summed E-state index contributed by atoms with van der Waals surface area (Å²) in [5, 5.41) is 0. The van der Waals surface area contributed by atoms with E-state index in [0.29, 0.717) is 0 Å². The number of rotatable bonds is 6. The third kappa shape index (κ3) is 2.95. The van der Waals surface area contributed by atoms with E-state index < -0.39 is 0 Å². The summed E-state index contributed by atoms with van der Waals surface area (Å²) >= 11 is 0. The van der Waals surface area contributed by atoms with E-state index in [-0.39, 0.29) is 11.1 Å². The number of aliphatic imine (C=N–C) groups is 1. The van der Waals surface area contributed by atoms with Gasteiger partial charge in [0.25, 0.3) is 0 Å². The third-order valence-electron chi connectivity index (χ3n) is 5.29. The quantitative estimate of drug-likeness (QED) is 0.587. The van der Waals surface area contributed by atoms with Crippen LogP contribution in [0.2, 0.25) is 0 Å². The average Bonchev–Trinajstić information content (AvgIpc) is 3.16. The van der Waals surface area contributed by atoms with Crippen LogP contribution in [0.5, 0.6) is 0 Å². The average molecular weight is 285 g/mol. The molecule has 1 aromatic rings. The fourth-order valence-corrected chi connectivity index (χ4v) is 3.56. The summed E-state index contributed by atoms with van der Waals surface area (Å²) in [4.78, 5) is 14.9. The minimum atomic E-state index is -0.301. The molecular formula is C18H23NO2. The summed E-state index contributed by atoms with van der Waals surface area (Å²) in [5.41, 5.74) is 2.36. The summed E-state index contributed by atoms with van der Waals surface area (Å²) < 4.78 is 5.57. The van der Waals surface area contributed by atoms with E-state index in [4.69, 9.17) is 4.74 Å². The number of methoxy groups -OCH3 is 1. The van der Waals surface area contributed by atoms with Crippen LogP contribution in [0.25, 0.3) is 0 Å². The lowest BCUT2D eigenvalue weighted by Gasteiger charge is -2.23. The third-order valence-corrected chi connectivity index (χ3v) is 5.29. The van der Waals surface area contributed by atoms with Crippen LogP contribution in [0.1, 0.15) is 56.1 Å². The SMILES string of the molecule is COC1(CCc2ccc(C3(N=C=O)CCCC3)cc2)CC1. The molecule has 2 aliphatic rings. The summed E-state index contributed by atoms with van der Waals surface area (Å²) in [6, 6.07) is 8.66. The number of carbonyl (C=O) groups excluding carboxylic acids is 1. The highest BCUT2D eigenvalue weighted by Crippen LogP contribution is 2.44. The molecule has 2 fully saturated rings. The van der Waals surface area contributed by atoms with Gasteiger partial charge in [0.1, 0.15) is 0 Å². The second-order valence-electron chi connectivity index (χ2n) is 6.53. The maximum atomic E-state index is 10.8. The van der Waals surface area contributed by atoms with Gasteiger partial charge in [0.05, 0.1) is 11.1 Å². The zero-order valence-corrected chi connectivity index (χ0v) is 12.7. The zero-order chi connectivity index (χ0) is 14.8. The van der Waals surface area contributed by atoms with Crippen LogP contribution in [-0.2, 0) is 21.5 Å². The van der Waals surface area contributed by atoms with Crippen molar-refractivity contribution < 1.29 is 9.53 Å². The monoisotopic (exact) mass is 285 g/mol. The van der Waals surface area contributed by atoms with E-state index in [0.717, 1.165) is 38.5 Å². The van der Waals surface area contributed by atoms with Crippen LogP contribution in [0.15, 0.2) is 29.3 Å². The lowest BCUT2D eigenvalue weighted by Crippen LogP contribution is -2.18. The van der Waals surface area contributed by atoms with Crippen molar-refractivity contribution in [2.24, 2.45) is 4.99 Å². The van der Waals surface area contributed by atoms with Crippen LogP contribution < -0.4 is 0 Å². The molecule has 2 aliphatic carbocycles. The number of aryl methyl sites for hydroxylation is 1. The molecule has 0 aliphatic heterocycles. The second kappa shape index (κ2) is 5.75. The van der Waals surface area contributed by atoms with Gasteiger partial charge in [0, 0.05) is 7.11 Å². The van der Waals surface area contributed by atoms with E-state index in [1.54, 1.807) is 6.08 Å². The first-order chi connectivity index (χ1) is 10.2. The Labute approximate surface area is 126 Å². The van der Waals surface area contributed by atoms with Crippen LogP contribution in [0, 0.1) is 0 Å². The predicted octanol–water partition coefficient (Wildman–Crippen LogP) is 3.90. The predicted molar refractivity (Wildman–Crippen MR) is 82.0 cm³/mol. The van der Waals surface area contributed by atoms with Crippen molar-refractivity contribution in [3.63, 3.8) is 0 Å². The molecule has 0 bridgehead atoms. The molecular weight excluding hydrogens is 262 g/mol. The van der Waals surface area contributed by atoms with Gasteiger partial charge >= 0.3 is 0 Å². The van der Waals surface area contributed by atoms with E-state index in [1.165, 1.54) is 24.0 Å². The van der Waals surface area contributed by atoms with Gasteiger partial charge in [-0.1, -0.05) is 37.1 Å². The van der Waals surface area contributed by atoms with Gasteiger partial charge in [-0.25, -0.2) is 4.79 Å². The van der Waals surface area contributed by atoms with E-state index in [2.05, 4.69) is 29.3 Å². The first kappa shape index (κ1) is 14.5. The van der Waals surface area contributed by atoms with Crippen molar-refractivity contribution in [1.82, 2.24) is 0 Å². The van der Waals surface area contributed by atoms with Crippen molar-refractivity contribution in [2.45, 2.75) is 62.5 Å². The molecule has 0 heterocycles. The molecule has 1 aromatic carbocycles. The van der Waals surface area contributed by atoms with E-state index in [9.17, 15) is 4.79 Å². The Bertz CT molecular complexity index is 533. The molecule has 21 heavy (non-hydrogen) atoms. The van der Waals surface area contributed by atoms with Crippen LogP contribution in [0.3, 0.4) is 0 Å². The number of nitrogens with zero attached hydrogens (tertiary/aromatic N) is 1. The Morgan fingerprint density at radius 2 is 1.81 bits per heavy atom. The Hall–Kier alpha value is -1.44. The summed E-state index contributed by atoms with van der Waals surface area (Å²) in [6.07, 6.45) is 10.5. The number of ether oxygens (including phenoxy) is 1. The standard InChI is InChI=1S/C18H23NO2/c1-21-17(12-13-17)11-8-15-4-6-16(7-5-15)18(19-14-20)9-2-3-10-18/h4-7H,2-3,8-13H2,1H3. The summed E-state index contributed by atoms with van der Waals surface area (Å²) in [5.74, 6) is 0. The highest BCUT2D eigenvalue weighted by molar-refractivity contribution is 5.39. The molecule has 3 nitrogen and oxygen atoms in total. The molecule has 3 rings (SSSR count). The van der Waals surface area contributed by atoms with E-state index in [1.807, 2.05) is 7.11 Å². The fraction of sp³-hybridized carbons (Fsp3) is 0.611. The Balaban J connectivity index is 1.70. The van der Waals surface area contributed by atoms with Crippen LogP contribution >= 0.6 is 0 Å². The van der Waals surface area contributed by atoms with Crippen molar-refractivity contribution in [3.8, 4) is 0 Å². The minimum absolute atomic E-state index is 0.160. The van der Waals surface area contributed by atoms with Crippen LogP contribution in [0.4, 0.5) is 0 Å². The Kier molecular flexibility index (Phi) is 3.97. The van der Waals surface area contributed by atoms with Gasteiger partial charge in [-0.15, -0.1) is 0 Å². The maximum Gasteiger partial charge on any atom is 0.235 e. The lowest BCUT2D eigenvalue weighted by atomic mass is 9.88. The molecule has 3 heteroatoms. The van der Waals surface area contributed by atoms with Gasteiger partial charge in [0.2, 0.25) is 6.08 Å². The van der Waals surface area contributed by atoms with Crippen molar-refractivity contribution in [2.75, 3.05) is 7.11 Å². The molecule has 0 N–H and O–H groups in total. The van der Waals surface area contributed by atoms with Gasteiger partial charge in [-0.05, 0) is 49.7 Å². The smallest absolute Gasteiger partial charge is 0.235 e. The first-order valence-corrected chi connectivity index (χ1v) is 7.96. The number of hydrogen-bond donors (Lipinski definition) is 0. The summed E-state index contributed by atoms with van der Waals surface area (Å²) in [7, 11) is 1.82. The van der Waals surface area contributed by atoms with Crippen molar-refractivity contribution in [3.05, 3.63) is 35.4 Å². The minimum Gasteiger partial charge on any atom is -0.378 e. The molecule has 0 amide bonds. The molecule has 0 atom stereocenters. The van der Waals surface area contributed by atoms with Gasteiger partial charge < -0.3 is 4.74 Å². The molecule has 0 saturated heterocycles. The molecule has 0 aromatic heterocycles. The molecule has 0 spiro atoms. The highest BCUT2D eigenvalue weighted by atomic mass is 16.5. The Morgan fingerprint density at radius 3 is 2.33 bits per heavy atom. The lowest BCUT2D eigenvalue weighted by molar-refractivity contribution is 0.0731. The number of isocyanates is 1. The summed E-state index contributed by atoms with van der Waals surface area (Å²) in [6.45, 7) is 0. The fourth-order valence-electron chi connectivity index (χ4n) is 3.56. The van der Waals surface area contributed by atoms with Gasteiger partial charge in [0.15, 0.2) is 0 Å².